The van der Waals surface area contributed by atoms with E-state index in [-0.39, 0.29) is 17.8 Å². The maximum Gasteiger partial charge on any atom is 0.308 e. The minimum Gasteiger partial charge on any atom is -0.469 e. The lowest BCUT2D eigenvalue weighted by Gasteiger charge is -2.33. The van der Waals surface area contributed by atoms with Gasteiger partial charge in [-0.2, -0.15) is 0 Å². The summed E-state index contributed by atoms with van der Waals surface area (Å²) in [6, 6.07) is 0. The third-order valence-corrected chi connectivity index (χ3v) is 5.15. The van der Waals surface area contributed by atoms with Gasteiger partial charge >= 0.3 is 5.97 Å². The van der Waals surface area contributed by atoms with Gasteiger partial charge in [-0.3, -0.25) is 9.59 Å². The summed E-state index contributed by atoms with van der Waals surface area (Å²) in [4.78, 5) is 25.4. The number of hydrogen-bond donors (Lipinski definition) is 0. The van der Waals surface area contributed by atoms with Crippen molar-refractivity contribution in [1.29, 1.82) is 0 Å². The molecule has 2 aliphatic rings. The molecule has 1 amide bonds. The highest BCUT2D eigenvalue weighted by Gasteiger charge is 2.68. The monoisotopic (exact) mass is 293 g/mol. The molecule has 1 saturated carbocycles. The summed E-state index contributed by atoms with van der Waals surface area (Å²) in [5, 5.41) is 0. The molecule has 2 fully saturated rings. The van der Waals surface area contributed by atoms with Crippen LogP contribution in [0.1, 0.15) is 26.2 Å². The number of piperidine rings is 1. The van der Waals surface area contributed by atoms with Crippen molar-refractivity contribution in [3.05, 3.63) is 0 Å². The van der Waals surface area contributed by atoms with Crippen LogP contribution in [0.15, 0.2) is 0 Å². The number of halogens is 2. The Labute approximate surface area is 117 Å². The zero-order valence-electron chi connectivity index (χ0n) is 10.5. The molecule has 0 aromatic heterocycles. The molecule has 1 aliphatic carbocycles. The van der Waals surface area contributed by atoms with Gasteiger partial charge in [-0.25, -0.2) is 0 Å². The number of ether oxygens (including phenoxy) is 1. The van der Waals surface area contributed by atoms with Gasteiger partial charge in [-0.15, -0.1) is 23.2 Å². The van der Waals surface area contributed by atoms with Crippen LogP contribution in [-0.4, -0.2) is 41.3 Å². The van der Waals surface area contributed by atoms with E-state index in [0.717, 1.165) is 0 Å². The highest BCUT2D eigenvalue weighted by molar-refractivity contribution is 6.53. The highest BCUT2D eigenvalue weighted by Crippen LogP contribution is 2.64. The Bertz CT molecular complexity index is 378. The van der Waals surface area contributed by atoms with Crippen LogP contribution in [0.2, 0.25) is 0 Å². The largest absolute Gasteiger partial charge is 0.469 e. The predicted molar refractivity (Wildman–Crippen MR) is 68.5 cm³/mol. The van der Waals surface area contributed by atoms with E-state index in [1.807, 2.05) is 0 Å². The van der Waals surface area contributed by atoms with Gasteiger partial charge in [0.05, 0.1) is 18.4 Å². The number of nitrogens with zero attached hydrogens (tertiary/aromatic N) is 1. The highest BCUT2D eigenvalue weighted by atomic mass is 35.5. The van der Waals surface area contributed by atoms with Gasteiger partial charge in [0.1, 0.15) is 4.33 Å². The van der Waals surface area contributed by atoms with Crippen LogP contribution < -0.4 is 0 Å². The smallest absolute Gasteiger partial charge is 0.308 e. The first-order valence-electron chi connectivity index (χ1n) is 6.07. The number of hydrogen-bond acceptors (Lipinski definition) is 3. The standard InChI is InChI=1S/C12H17Cl2NO3/c1-11(7-12(11,13)14)10(17)15-5-3-8(4-6-15)9(16)18-2/h8H,3-7H2,1-2H3. The number of amides is 1. The minimum absolute atomic E-state index is 0.00387. The third-order valence-electron chi connectivity index (χ3n) is 4.05. The van der Waals surface area contributed by atoms with Crippen molar-refractivity contribution in [3.63, 3.8) is 0 Å². The van der Waals surface area contributed by atoms with E-state index in [4.69, 9.17) is 27.9 Å². The summed E-state index contributed by atoms with van der Waals surface area (Å²) in [5.41, 5.74) is -0.659. The SMILES string of the molecule is COC(=O)C1CCN(C(=O)C2(C)CC2(Cl)Cl)CC1. The first-order chi connectivity index (χ1) is 8.32. The second kappa shape index (κ2) is 4.57. The number of carbonyl (C=O) groups is 2. The Hall–Kier alpha value is -0.480. The maximum atomic E-state index is 12.3. The zero-order valence-corrected chi connectivity index (χ0v) is 12.1. The molecule has 18 heavy (non-hydrogen) atoms. The number of methoxy groups -OCH3 is 1. The average molecular weight is 294 g/mol. The van der Waals surface area contributed by atoms with E-state index in [1.165, 1.54) is 7.11 Å². The number of likely N-dealkylation sites (tertiary alicyclic amines) is 1. The maximum absolute atomic E-state index is 12.3. The molecule has 1 heterocycles. The molecule has 0 aromatic rings. The lowest BCUT2D eigenvalue weighted by Crippen LogP contribution is -2.44. The Morgan fingerprint density at radius 1 is 1.28 bits per heavy atom. The molecule has 1 aliphatic heterocycles. The summed E-state index contributed by atoms with van der Waals surface area (Å²) in [6.45, 7) is 2.93. The fraction of sp³-hybridized carbons (Fsp3) is 0.833. The van der Waals surface area contributed by atoms with Gasteiger partial charge in [0.2, 0.25) is 5.91 Å². The fourth-order valence-corrected chi connectivity index (χ4v) is 3.16. The van der Waals surface area contributed by atoms with Gasteiger partial charge in [-0.05, 0) is 26.2 Å². The van der Waals surface area contributed by atoms with Crippen LogP contribution in [-0.2, 0) is 14.3 Å². The lowest BCUT2D eigenvalue weighted by molar-refractivity contribution is -0.149. The molecule has 0 spiro atoms. The van der Waals surface area contributed by atoms with E-state index in [0.29, 0.717) is 32.4 Å². The Balaban J connectivity index is 1.91. The van der Waals surface area contributed by atoms with Crippen LogP contribution in [0, 0.1) is 11.3 Å². The molecule has 1 unspecified atom stereocenters. The summed E-state index contributed by atoms with van der Waals surface area (Å²) in [5.74, 6) is -0.289. The molecule has 0 N–H and O–H groups in total. The molecule has 2 rings (SSSR count). The average Bonchev–Trinajstić information content (AvgIpc) is 2.88. The fourth-order valence-electron chi connectivity index (χ4n) is 2.47. The van der Waals surface area contributed by atoms with Crippen LogP contribution in [0.4, 0.5) is 0 Å². The van der Waals surface area contributed by atoms with Crippen molar-refractivity contribution < 1.29 is 14.3 Å². The summed E-state index contributed by atoms with van der Waals surface area (Å²) in [6.07, 6.45) is 1.79. The van der Waals surface area contributed by atoms with Gasteiger partial charge in [-0.1, -0.05) is 0 Å². The molecule has 0 bridgehead atoms. The molecular formula is C12H17Cl2NO3. The van der Waals surface area contributed by atoms with Gasteiger partial charge in [0.25, 0.3) is 0 Å². The van der Waals surface area contributed by atoms with Crippen LogP contribution >= 0.6 is 23.2 Å². The molecule has 0 aromatic carbocycles. The summed E-state index contributed by atoms with van der Waals surface area (Å²) < 4.78 is 3.79. The first kappa shape index (κ1) is 13.9. The second-order valence-corrected chi connectivity index (χ2v) is 6.79. The number of carbonyl (C=O) groups excluding carboxylic acids is 2. The molecular weight excluding hydrogens is 277 g/mol. The minimum atomic E-state index is -0.927. The normalized spacial score (nSPS) is 31.0. The Kier molecular flexibility index (Phi) is 3.54. The molecule has 1 saturated heterocycles. The van der Waals surface area contributed by atoms with Crippen molar-refractivity contribution in [2.24, 2.45) is 11.3 Å². The van der Waals surface area contributed by atoms with Gasteiger partial charge in [0.15, 0.2) is 0 Å². The van der Waals surface area contributed by atoms with E-state index in [1.54, 1.807) is 11.8 Å². The molecule has 102 valence electrons. The van der Waals surface area contributed by atoms with Crippen LogP contribution in [0.3, 0.4) is 0 Å². The van der Waals surface area contributed by atoms with Crippen LogP contribution in [0.5, 0.6) is 0 Å². The molecule has 0 radical (unpaired) electrons. The summed E-state index contributed by atoms with van der Waals surface area (Å²) >= 11 is 12.0. The Morgan fingerprint density at radius 3 is 2.17 bits per heavy atom. The number of esters is 1. The van der Waals surface area contributed by atoms with Crippen molar-refractivity contribution >= 4 is 35.1 Å². The van der Waals surface area contributed by atoms with E-state index >= 15 is 0 Å². The Morgan fingerprint density at radius 2 is 1.78 bits per heavy atom. The van der Waals surface area contributed by atoms with E-state index < -0.39 is 9.75 Å². The first-order valence-corrected chi connectivity index (χ1v) is 6.82. The second-order valence-electron chi connectivity index (χ2n) is 5.30. The molecule has 4 nitrogen and oxygen atoms in total. The number of rotatable bonds is 2. The predicted octanol–water partition coefficient (Wildman–Crippen LogP) is 1.98. The molecule has 1 atom stereocenters. The topological polar surface area (TPSA) is 46.6 Å². The van der Waals surface area contributed by atoms with E-state index in [9.17, 15) is 9.59 Å². The van der Waals surface area contributed by atoms with Crippen molar-refractivity contribution in [1.82, 2.24) is 4.90 Å². The van der Waals surface area contributed by atoms with Crippen molar-refractivity contribution in [3.8, 4) is 0 Å². The van der Waals surface area contributed by atoms with Gasteiger partial charge < -0.3 is 9.64 Å². The van der Waals surface area contributed by atoms with E-state index in [2.05, 4.69) is 0 Å². The summed E-state index contributed by atoms with van der Waals surface area (Å²) in [7, 11) is 1.39. The number of alkyl halides is 2. The third kappa shape index (κ3) is 2.21. The quantitative estimate of drug-likeness (QED) is 0.578. The molecule has 6 heteroatoms. The van der Waals surface area contributed by atoms with Gasteiger partial charge in [0, 0.05) is 13.1 Å². The zero-order chi connectivity index (χ0) is 13.6. The van der Waals surface area contributed by atoms with Crippen molar-refractivity contribution in [2.75, 3.05) is 20.2 Å². The lowest BCUT2D eigenvalue weighted by atomic mass is 9.95. The van der Waals surface area contributed by atoms with Crippen molar-refractivity contribution in [2.45, 2.75) is 30.5 Å². The van der Waals surface area contributed by atoms with Crippen LogP contribution in [0.25, 0.3) is 0 Å².